The van der Waals surface area contributed by atoms with Crippen molar-refractivity contribution in [2.75, 3.05) is 13.2 Å². The summed E-state index contributed by atoms with van der Waals surface area (Å²) < 4.78 is 5.55. The van der Waals surface area contributed by atoms with E-state index in [0.717, 1.165) is 6.42 Å². The van der Waals surface area contributed by atoms with Gasteiger partial charge in [-0.2, -0.15) is 0 Å². The van der Waals surface area contributed by atoms with Crippen molar-refractivity contribution >= 4 is 0 Å². The molecule has 2 heteroatoms. The molecule has 0 aromatic rings. The SMILES string of the molecule is CC1(OCCCO)CCC1. The monoisotopic (exact) mass is 144 g/mol. The van der Waals surface area contributed by atoms with E-state index in [9.17, 15) is 0 Å². The van der Waals surface area contributed by atoms with Gasteiger partial charge in [-0.3, -0.25) is 0 Å². The third-order valence-electron chi connectivity index (χ3n) is 2.16. The molecule has 0 aromatic heterocycles. The zero-order chi connectivity index (χ0) is 7.45. The number of hydrogen-bond acceptors (Lipinski definition) is 2. The molecule has 1 fully saturated rings. The zero-order valence-corrected chi connectivity index (χ0v) is 6.60. The molecule has 0 saturated heterocycles. The van der Waals surface area contributed by atoms with E-state index in [-0.39, 0.29) is 12.2 Å². The van der Waals surface area contributed by atoms with Crippen molar-refractivity contribution in [1.82, 2.24) is 0 Å². The molecule has 1 rings (SSSR count). The second kappa shape index (κ2) is 3.35. The predicted octanol–water partition coefficient (Wildman–Crippen LogP) is 1.33. The standard InChI is InChI=1S/C8H16O2/c1-8(4-2-5-8)10-7-3-6-9/h9H,2-7H2,1H3. The van der Waals surface area contributed by atoms with Crippen molar-refractivity contribution in [3.05, 3.63) is 0 Å². The third-order valence-corrected chi connectivity index (χ3v) is 2.16. The molecule has 0 heterocycles. The molecule has 2 nitrogen and oxygen atoms in total. The normalized spacial score (nSPS) is 22.2. The van der Waals surface area contributed by atoms with E-state index in [0.29, 0.717) is 6.61 Å². The minimum Gasteiger partial charge on any atom is -0.396 e. The maximum Gasteiger partial charge on any atom is 0.0654 e. The lowest BCUT2D eigenvalue weighted by atomic mass is 9.82. The van der Waals surface area contributed by atoms with E-state index in [1.54, 1.807) is 0 Å². The molecule has 1 aliphatic rings. The molecule has 60 valence electrons. The lowest BCUT2D eigenvalue weighted by Crippen LogP contribution is -2.36. The summed E-state index contributed by atoms with van der Waals surface area (Å²) in [4.78, 5) is 0. The molecule has 0 radical (unpaired) electrons. The van der Waals surface area contributed by atoms with Crippen molar-refractivity contribution in [3.63, 3.8) is 0 Å². The summed E-state index contributed by atoms with van der Waals surface area (Å²) >= 11 is 0. The lowest BCUT2D eigenvalue weighted by Gasteiger charge is -2.38. The van der Waals surface area contributed by atoms with Crippen LogP contribution in [0.5, 0.6) is 0 Å². The first-order valence-corrected chi connectivity index (χ1v) is 4.02. The molecule has 1 aliphatic carbocycles. The number of aliphatic hydroxyl groups excluding tert-OH is 1. The van der Waals surface area contributed by atoms with Gasteiger partial charge in [0.2, 0.25) is 0 Å². The van der Waals surface area contributed by atoms with Gasteiger partial charge in [0.05, 0.1) is 5.60 Å². The van der Waals surface area contributed by atoms with Crippen LogP contribution in [0.3, 0.4) is 0 Å². The molecular formula is C8H16O2. The highest BCUT2D eigenvalue weighted by atomic mass is 16.5. The van der Waals surface area contributed by atoms with Crippen molar-refractivity contribution in [2.45, 2.75) is 38.2 Å². The zero-order valence-electron chi connectivity index (χ0n) is 6.60. The molecule has 0 bridgehead atoms. The first kappa shape index (κ1) is 8.02. The van der Waals surface area contributed by atoms with E-state index in [1.807, 2.05) is 0 Å². The Morgan fingerprint density at radius 1 is 1.50 bits per heavy atom. The highest BCUT2D eigenvalue weighted by Gasteiger charge is 2.32. The predicted molar refractivity (Wildman–Crippen MR) is 39.9 cm³/mol. The van der Waals surface area contributed by atoms with Crippen LogP contribution in [-0.4, -0.2) is 23.9 Å². The highest BCUT2D eigenvalue weighted by Crippen LogP contribution is 2.34. The van der Waals surface area contributed by atoms with Crippen LogP contribution in [-0.2, 0) is 4.74 Å². The van der Waals surface area contributed by atoms with Crippen molar-refractivity contribution in [1.29, 1.82) is 0 Å². The second-order valence-corrected chi connectivity index (χ2v) is 3.23. The van der Waals surface area contributed by atoms with Crippen molar-refractivity contribution < 1.29 is 9.84 Å². The molecule has 0 atom stereocenters. The van der Waals surface area contributed by atoms with Gasteiger partial charge in [-0.15, -0.1) is 0 Å². The van der Waals surface area contributed by atoms with Gasteiger partial charge in [0.25, 0.3) is 0 Å². The van der Waals surface area contributed by atoms with Gasteiger partial charge >= 0.3 is 0 Å². The van der Waals surface area contributed by atoms with Gasteiger partial charge in [-0.05, 0) is 32.6 Å². The number of aliphatic hydroxyl groups is 1. The first-order chi connectivity index (χ1) is 4.77. The van der Waals surface area contributed by atoms with E-state index >= 15 is 0 Å². The van der Waals surface area contributed by atoms with E-state index < -0.39 is 0 Å². The average Bonchev–Trinajstić information content (AvgIpc) is 1.85. The lowest BCUT2D eigenvalue weighted by molar-refractivity contribution is -0.0880. The molecule has 0 aliphatic heterocycles. The Labute approximate surface area is 62.2 Å². The van der Waals surface area contributed by atoms with Crippen LogP contribution in [0.4, 0.5) is 0 Å². The maximum atomic E-state index is 8.47. The average molecular weight is 144 g/mol. The van der Waals surface area contributed by atoms with E-state index in [2.05, 4.69) is 6.92 Å². The summed E-state index contributed by atoms with van der Waals surface area (Å²) in [5.41, 5.74) is 0.162. The molecule has 0 unspecified atom stereocenters. The molecular weight excluding hydrogens is 128 g/mol. The number of rotatable bonds is 4. The summed E-state index contributed by atoms with van der Waals surface area (Å²) in [6, 6.07) is 0. The Morgan fingerprint density at radius 3 is 2.60 bits per heavy atom. The van der Waals surface area contributed by atoms with Gasteiger partial charge in [0, 0.05) is 13.2 Å². The number of hydrogen-bond donors (Lipinski definition) is 1. The maximum absolute atomic E-state index is 8.47. The van der Waals surface area contributed by atoms with Crippen LogP contribution in [0.25, 0.3) is 0 Å². The Hall–Kier alpha value is -0.0800. The Morgan fingerprint density at radius 2 is 2.20 bits per heavy atom. The highest BCUT2D eigenvalue weighted by molar-refractivity contribution is 4.84. The molecule has 10 heavy (non-hydrogen) atoms. The Balaban J connectivity index is 2.01. The topological polar surface area (TPSA) is 29.5 Å². The second-order valence-electron chi connectivity index (χ2n) is 3.23. The summed E-state index contributed by atoms with van der Waals surface area (Å²) in [5.74, 6) is 0. The Kier molecular flexibility index (Phi) is 2.69. The summed E-state index contributed by atoms with van der Waals surface area (Å²) in [6.07, 6.45) is 4.46. The van der Waals surface area contributed by atoms with Crippen molar-refractivity contribution in [3.8, 4) is 0 Å². The van der Waals surface area contributed by atoms with Crippen LogP contribution in [0.15, 0.2) is 0 Å². The summed E-state index contributed by atoms with van der Waals surface area (Å²) in [7, 11) is 0. The molecule has 1 saturated carbocycles. The third kappa shape index (κ3) is 1.96. The van der Waals surface area contributed by atoms with Crippen LogP contribution >= 0.6 is 0 Å². The fourth-order valence-electron chi connectivity index (χ4n) is 1.20. The van der Waals surface area contributed by atoms with Crippen LogP contribution < -0.4 is 0 Å². The van der Waals surface area contributed by atoms with Crippen LogP contribution in [0, 0.1) is 0 Å². The van der Waals surface area contributed by atoms with E-state index in [4.69, 9.17) is 9.84 Å². The Bertz CT molecular complexity index is 97.4. The van der Waals surface area contributed by atoms with Gasteiger partial charge in [0.15, 0.2) is 0 Å². The largest absolute Gasteiger partial charge is 0.396 e. The summed E-state index contributed by atoms with van der Waals surface area (Å²) in [5, 5.41) is 8.47. The smallest absolute Gasteiger partial charge is 0.0654 e. The molecule has 1 N–H and O–H groups in total. The van der Waals surface area contributed by atoms with Crippen molar-refractivity contribution in [2.24, 2.45) is 0 Å². The number of ether oxygens (including phenoxy) is 1. The van der Waals surface area contributed by atoms with Gasteiger partial charge < -0.3 is 9.84 Å². The molecule has 0 aromatic carbocycles. The van der Waals surface area contributed by atoms with Gasteiger partial charge in [-0.25, -0.2) is 0 Å². The van der Waals surface area contributed by atoms with E-state index in [1.165, 1.54) is 19.3 Å². The van der Waals surface area contributed by atoms with Crippen LogP contribution in [0.1, 0.15) is 32.6 Å². The quantitative estimate of drug-likeness (QED) is 0.603. The van der Waals surface area contributed by atoms with Crippen LogP contribution in [0.2, 0.25) is 0 Å². The minimum absolute atomic E-state index is 0.162. The molecule has 0 amide bonds. The van der Waals surface area contributed by atoms with Gasteiger partial charge in [-0.1, -0.05) is 0 Å². The summed E-state index contributed by atoms with van der Waals surface area (Å²) in [6.45, 7) is 3.11. The minimum atomic E-state index is 0.162. The fraction of sp³-hybridized carbons (Fsp3) is 1.00. The van der Waals surface area contributed by atoms with Gasteiger partial charge in [0.1, 0.15) is 0 Å². The first-order valence-electron chi connectivity index (χ1n) is 4.02. The fourth-order valence-corrected chi connectivity index (χ4v) is 1.20. The molecule has 0 spiro atoms.